The minimum Gasteiger partial charge on any atom is -0.513 e. The van der Waals surface area contributed by atoms with Gasteiger partial charge in [-0.15, -0.1) is 0 Å². The largest absolute Gasteiger partial charge is 0.513 e. The van der Waals surface area contributed by atoms with E-state index in [2.05, 4.69) is 42.7 Å². The SMILES string of the molecule is CC(=O)N[C@H]1CC2C=C(O)CC[C@]2(C)[C@H]2CC[C@]3(C)[C@@H](NC(C)=O)C=C[C@H]3[C@H]12. The van der Waals surface area contributed by atoms with E-state index in [1.165, 1.54) is 0 Å². The van der Waals surface area contributed by atoms with Crippen molar-refractivity contribution in [3.8, 4) is 0 Å². The molecule has 0 aromatic rings. The fourth-order valence-corrected chi connectivity index (χ4v) is 7.14. The molecule has 0 saturated heterocycles. The van der Waals surface area contributed by atoms with Gasteiger partial charge in [0, 0.05) is 26.3 Å². The minimum absolute atomic E-state index is 0.000598. The number of rotatable bonds is 2. The van der Waals surface area contributed by atoms with E-state index in [1.807, 2.05) is 0 Å². The van der Waals surface area contributed by atoms with E-state index in [0.29, 0.717) is 29.4 Å². The molecule has 0 heterocycles. The highest BCUT2D eigenvalue weighted by Gasteiger charge is 2.61. The van der Waals surface area contributed by atoms with Crippen molar-refractivity contribution in [3.05, 3.63) is 24.0 Å². The van der Waals surface area contributed by atoms with Crippen LogP contribution in [-0.4, -0.2) is 29.0 Å². The first kappa shape index (κ1) is 19.5. The fourth-order valence-electron chi connectivity index (χ4n) is 7.14. The summed E-state index contributed by atoms with van der Waals surface area (Å²) in [6.07, 6.45) is 11.4. The number of carbonyl (C=O) groups is 2. The number of fused-ring (bicyclic) bond motifs is 5. The summed E-state index contributed by atoms with van der Waals surface area (Å²) in [5, 5.41) is 16.6. The van der Waals surface area contributed by atoms with Gasteiger partial charge in [0.05, 0.1) is 11.8 Å². The molecule has 0 bridgehead atoms. The molecule has 2 saturated carbocycles. The average molecular weight is 387 g/mol. The van der Waals surface area contributed by atoms with Gasteiger partial charge in [0.1, 0.15) is 0 Å². The Labute approximate surface area is 168 Å². The molecule has 0 aromatic heterocycles. The van der Waals surface area contributed by atoms with Crippen LogP contribution in [0.3, 0.4) is 0 Å². The van der Waals surface area contributed by atoms with Crippen LogP contribution in [-0.2, 0) is 9.59 Å². The molecule has 4 rings (SSSR count). The van der Waals surface area contributed by atoms with Crippen molar-refractivity contribution in [1.29, 1.82) is 0 Å². The molecule has 4 aliphatic rings. The second-order valence-electron chi connectivity index (χ2n) is 10.1. The highest BCUT2D eigenvalue weighted by atomic mass is 16.3. The van der Waals surface area contributed by atoms with Gasteiger partial charge in [-0.05, 0) is 66.3 Å². The Kier molecular flexibility index (Phi) is 4.63. The molecule has 4 aliphatic carbocycles. The third kappa shape index (κ3) is 2.89. The predicted octanol–water partition coefficient (Wildman–Crippen LogP) is 3.48. The van der Waals surface area contributed by atoms with Crippen molar-refractivity contribution in [1.82, 2.24) is 10.6 Å². The first-order valence-corrected chi connectivity index (χ1v) is 10.8. The smallest absolute Gasteiger partial charge is 0.217 e. The molecule has 0 aliphatic heterocycles. The van der Waals surface area contributed by atoms with E-state index in [-0.39, 0.29) is 34.7 Å². The lowest BCUT2D eigenvalue weighted by molar-refractivity contribution is -0.128. The second-order valence-corrected chi connectivity index (χ2v) is 10.1. The standard InChI is InChI=1S/C23H34N2O3/c1-13(26)24-19-12-15-11-16(28)7-9-22(15,3)18-8-10-23(4)17(21(18)19)5-6-20(23)25-14(2)27/h5-6,11,15,17-21,28H,7-10,12H2,1-4H3,(H,24,26)(H,25,27)/t15?,17-,18-,19-,20-,21-,22-,23-/m0/s1. The number of hydrogen-bond acceptors (Lipinski definition) is 3. The second kappa shape index (κ2) is 6.64. The van der Waals surface area contributed by atoms with E-state index in [9.17, 15) is 14.7 Å². The average Bonchev–Trinajstić information content (AvgIpc) is 2.92. The van der Waals surface area contributed by atoms with Gasteiger partial charge in [0.2, 0.25) is 11.8 Å². The van der Waals surface area contributed by atoms with Crippen molar-refractivity contribution >= 4 is 11.8 Å². The maximum absolute atomic E-state index is 12.0. The highest BCUT2D eigenvalue weighted by molar-refractivity contribution is 5.74. The molecular formula is C23H34N2O3. The summed E-state index contributed by atoms with van der Waals surface area (Å²) >= 11 is 0. The van der Waals surface area contributed by atoms with Gasteiger partial charge in [-0.1, -0.05) is 26.0 Å². The van der Waals surface area contributed by atoms with Crippen molar-refractivity contribution in [2.75, 3.05) is 0 Å². The van der Waals surface area contributed by atoms with E-state index in [0.717, 1.165) is 32.1 Å². The number of amides is 2. The number of aliphatic hydroxyl groups is 1. The maximum atomic E-state index is 12.0. The van der Waals surface area contributed by atoms with Crippen LogP contribution in [0.2, 0.25) is 0 Å². The molecule has 28 heavy (non-hydrogen) atoms. The third-order valence-corrected chi connectivity index (χ3v) is 8.58. The van der Waals surface area contributed by atoms with E-state index < -0.39 is 0 Å². The zero-order valence-corrected chi connectivity index (χ0v) is 17.5. The lowest BCUT2D eigenvalue weighted by atomic mass is 9.44. The number of nitrogens with one attached hydrogen (secondary N) is 2. The van der Waals surface area contributed by atoms with Crippen molar-refractivity contribution in [2.24, 2.45) is 34.5 Å². The molecule has 0 aromatic carbocycles. The van der Waals surface area contributed by atoms with Gasteiger partial charge in [-0.2, -0.15) is 0 Å². The summed E-state index contributed by atoms with van der Waals surface area (Å²) in [4.78, 5) is 23.8. The highest BCUT2D eigenvalue weighted by Crippen LogP contribution is 2.64. The topological polar surface area (TPSA) is 78.4 Å². The first-order chi connectivity index (χ1) is 13.1. The summed E-state index contributed by atoms with van der Waals surface area (Å²) in [6, 6.07) is 0.169. The van der Waals surface area contributed by atoms with Crippen molar-refractivity contribution in [3.63, 3.8) is 0 Å². The molecule has 154 valence electrons. The van der Waals surface area contributed by atoms with Gasteiger partial charge in [-0.25, -0.2) is 0 Å². The normalized spacial score (nSPS) is 46.6. The summed E-state index contributed by atoms with van der Waals surface area (Å²) in [6.45, 7) is 7.89. The molecule has 0 spiro atoms. The summed E-state index contributed by atoms with van der Waals surface area (Å²) < 4.78 is 0. The first-order valence-electron chi connectivity index (χ1n) is 10.8. The van der Waals surface area contributed by atoms with Gasteiger partial charge in [0.25, 0.3) is 0 Å². The van der Waals surface area contributed by atoms with Crippen molar-refractivity contribution in [2.45, 2.75) is 71.9 Å². The fraction of sp³-hybridized carbons (Fsp3) is 0.739. The van der Waals surface area contributed by atoms with Crippen LogP contribution in [0.15, 0.2) is 24.0 Å². The molecule has 3 N–H and O–H groups in total. The number of hydrogen-bond donors (Lipinski definition) is 3. The van der Waals surface area contributed by atoms with Crippen LogP contribution < -0.4 is 10.6 Å². The van der Waals surface area contributed by atoms with Crippen LogP contribution in [0, 0.1) is 34.5 Å². The molecular weight excluding hydrogens is 352 g/mol. The van der Waals surface area contributed by atoms with E-state index in [1.54, 1.807) is 13.8 Å². The summed E-state index contributed by atoms with van der Waals surface area (Å²) in [7, 11) is 0. The van der Waals surface area contributed by atoms with Gasteiger partial charge >= 0.3 is 0 Å². The Hall–Kier alpha value is -1.78. The molecule has 2 fully saturated rings. The molecule has 5 nitrogen and oxygen atoms in total. The molecule has 5 heteroatoms. The number of allylic oxidation sites excluding steroid dienone is 3. The Morgan fingerprint density at radius 2 is 1.79 bits per heavy atom. The summed E-state index contributed by atoms with van der Waals surface area (Å²) in [5.74, 6) is 2.07. The molecule has 8 atom stereocenters. The van der Waals surface area contributed by atoms with Crippen LogP contribution in [0.1, 0.15) is 59.8 Å². The number of aliphatic hydroxyl groups excluding tert-OH is 1. The molecule has 2 amide bonds. The van der Waals surface area contributed by atoms with Crippen LogP contribution in [0.4, 0.5) is 0 Å². The Morgan fingerprint density at radius 1 is 1.07 bits per heavy atom. The summed E-state index contributed by atoms with van der Waals surface area (Å²) in [5.41, 5.74) is 0.159. The van der Waals surface area contributed by atoms with Gasteiger partial charge in [-0.3, -0.25) is 9.59 Å². The third-order valence-electron chi connectivity index (χ3n) is 8.58. The zero-order valence-electron chi connectivity index (χ0n) is 17.5. The lowest BCUT2D eigenvalue weighted by Gasteiger charge is -2.61. The van der Waals surface area contributed by atoms with Crippen LogP contribution >= 0.6 is 0 Å². The maximum Gasteiger partial charge on any atom is 0.217 e. The van der Waals surface area contributed by atoms with E-state index >= 15 is 0 Å². The molecule has 1 unspecified atom stereocenters. The van der Waals surface area contributed by atoms with Gasteiger partial charge in [0.15, 0.2) is 0 Å². The number of carbonyl (C=O) groups excluding carboxylic acids is 2. The quantitative estimate of drug-likeness (QED) is 0.636. The lowest BCUT2D eigenvalue weighted by Crippen LogP contribution is -2.62. The minimum atomic E-state index is -0.000598. The monoisotopic (exact) mass is 386 g/mol. The Bertz CT molecular complexity index is 744. The van der Waals surface area contributed by atoms with E-state index in [4.69, 9.17) is 0 Å². The van der Waals surface area contributed by atoms with Gasteiger partial charge < -0.3 is 15.7 Å². The Balaban J connectivity index is 1.71. The van der Waals surface area contributed by atoms with Crippen molar-refractivity contribution < 1.29 is 14.7 Å². The van der Waals surface area contributed by atoms with Crippen LogP contribution in [0.5, 0.6) is 0 Å². The zero-order chi connectivity index (χ0) is 20.3. The molecule has 0 radical (unpaired) electrons. The predicted molar refractivity (Wildman–Crippen MR) is 108 cm³/mol. The Morgan fingerprint density at radius 3 is 2.46 bits per heavy atom. The van der Waals surface area contributed by atoms with Crippen LogP contribution in [0.25, 0.3) is 0 Å².